The molecule has 0 saturated heterocycles. The van der Waals surface area contributed by atoms with E-state index in [4.69, 9.17) is 9.47 Å². The van der Waals surface area contributed by atoms with Gasteiger partial charge < -0.3 is 9.47 Å². The van der Waals surface area contributed by atoms with Crippen molar-refractivity contribution in [3.8, 4) is 0 Å². The molecule has 4 heteroatoms. The number of hydrogen-bond acceptors (Lipinski definition) is 4. The standard InChI is InChI=1S/C15H20O4/c1-3-7-18-13(16)15(14(17)19-8-4-2)10-11-5-6-12(15)9-11/h3-4,11-12H,1-2,5-10H2. The minimum Gasteiger partial charge on any atom is -0.461 e. The fraction of sp³-hybridized carbons (Fsp3) is 0.600. The number of esters is 2. The zero-order chi connectivity index (χ0) is 13.9. The van der Waals surface area contributed by atoms with Gasteiger partial charge in [0.05, 0.1) is 0 Å². The van der Waals surface area contributed by atoms with Crippen molar-refractivity contribution in [1.82, 2.24) is 0 Å². The van der Waals surface area contributed by atoms with Gasteiger partial charge in [0.25, 0.3) is 0 Å². The van der Waals surface area contributed by atoms with E-state index >= 15 is 0 Å². The third-order valence-electron chi connectivity index (χ3n) is 4.24. The Morgan fingerprint density at radius 2 is 1.68 bits per heavy atom. The van der Waals surface area contributed by atoms with Crippen LogP contribution in [0.3, 0.4) is 0 Å². The van der Waals surface area contributed by atoms with Crippen molar-refractivity contribution in [3.63, 3.8) is 0 Å². The highest BCUT2D eigenvalue weighted by molar-refractivity contribution is 6.01. The molecule has 0 aromatic heterocycles. The predicted molar refractivity (Wildman–Crippen MR) is 70.2 cm³/mol. The molecule has 2 bridgehead atoms. The zero-order valence-electron chi connectivity index (χ0n) is 11.1. The van der Waals surface area contributed by atoms with Crippen molar-refractivity contribution < 1.29 is 19.1 Å². The number of carbonyl (C=O) groups is 2. The summed E-state index contributed by atoms with van der Waals surface area (Å²) in [5.41, 5.74) is -1.09. The van der Waals surface area contributed by atoms with Gasteiger partial charge in [-0.25, -0.2) is 0 Å². The Kier molecular flexibility index (Phi) is 4.08. The average molecular weight is 264 g/mol. The highest BCUT2D eigenvalue weighted by Gasteiger charge is 2.62. The Morgan fingerprint density at radius 1 is 1.11 bits per heavy atom. The quantitative estimate of drug-likeness (QED) is 0.419. The predicted octanol–water partition coefficient (Wildman–Crippen LogP) is 2.25. The molecule has 2 aliphatic rings. The second kappa shape index (κ2) is 5.59. The van der Waals surface area contributed by atoms with Crippen LogP contribution < -0.4 is 0 Å². The van der Waals surface area contributed by atoms with E-state index in [9.17, 15) is 9.59 Å². The molecule has 0 heterocycles. The second-order valence-electron chi connectivity index (χ2n) is 5.33. The van der Waals surface area contributed by atoms with E-state index < -0.39 is 17.4 Å². The molecule has 0 aromatic rings. The Hall–Kier alpha value is -1.58. The van der Waals surface area contributed by atoms with Gasteiger partial charge in [-0.1, -0.05) is 31.7 Å². The lowest BCUT2D eigenvalue weighted by atomic mass is 9.73. The van der Waals surface area contributed by atoms with Gasteiger partial charge in [0, 0.05) is 0 Å². The lowest BCUT2D eigenvalue weighted by Crippen LogP contribution is -2.46. The Morgan fingerprint density at radius 3 is 2.05 bits per heavy atom. The van der Waals surface area contributed by atoms with Crippen molar-refractivity contribution in [2.24, 2.45) is 17.3 Å². The monoisotopic (exact) mass is 264 g/mol. The second-order valence-corrected chi connectivity index (χ2v) is 5.33. The van der Waals surface area contributed by atoms with Crippen LogP contribution in [-0.4, -0.2) is 25.2 Å². The molecule has 2 unspecified atom stereocenters. The fourth-order valence-electron chi connectivity index (χ4n) is 3.44. The van der Waals surface area contributed by atoms with Gasteiger partial charge in [0.15, 0.2) is 5.41 Å². The molecule has 0 aromatic carbocycles. The number of carbonyl (C=O) groups excluding carboxylic acids is 2. The minimum absolute atomic E-state index is 0.0622. The molecule has 2 saturated carbocycles. The first-order valence-corrected chi connectivity index (χ1v) is 6.71. The van der Waals surface area contributed by atoms with Crippen LogP contribution in [0.15, 0.2) is 25.3 Å². The molecule has 19 heavy (non-hydrogen) atoms. The third-order valence-corrected chi connectivity index (χ3v) is 4.24. The molecule has 0 radical (unpaired) electrons. The van der Waals surface area contributed by atoms with E-state index in [2.05, 4.69) is 13.2 Å². The zero-order valence-corrected chi connectivity index (χ0v) is 11.1. The largest absolute Gasteiger partial charge is 0.461 e. The number of ether oxygens (including phenoxy) is 2. The van der Waals surface area contributed by atoms with Crippen LogP contribution in [0.5, 0.6) is 0 Å². The van der Waals surface area contributed by atoms with Gasteiger partial charge in [0.1, 0.15) is 13.2 Å². The molecule has 2 fully saturated rings. The van der Waals surface area contributed by atoms with Crippen LogP contribution in [-0.2, 0) is 19.1 Å². The SMILES string of the molecule is C=CCOC(=O)C1(C(=O)OCC=C)CC2CCC1C2. The molecule has 2 rings (SSSR count). The molecule has 0 amide bonds. The van der Waals surface area contributed by atoms with E-state index in [0.717, 1.165) is 19.3 Å². The average Bonchev–Trinajstić information content (AvgIpc) is 3.03. The highest BCUT2D eigenvalue weighted by atomic mass is 16.6. The van der Waals surface area contributed by atoms with Crippen LogP contribution in [0.4, 0.5) is 0 Å². The molecular formula is C15H20O4. The van der Waals surface area contributed by atoms with E-state index in [0.29, 0.717) is 12.3 Å². The summed E-state index contributed by atoms with van der Waals surface area (Å²) in [5.74, 6) is -0.396. The van der Waals surface area contributed by atoms with Crippen molar-refractivity contribution >= 4 is 11.9 Å². The van der Waals surface area contributed by atoms with Gasteiger partial charge in [-0.2, -0.15) is 0 Å². The first-order chi connectivity index (χ1) is 9.15. The van der Waals surface area contributed by atoms with Crippen molar-refractivity contribution in [1.29, 1.82) is 0 Å². The maximum absolute atomic E-state index is 12.3. The first-order valence-electron chi connectivity index (χ1n) is 6.71. The Bertz CT molecular complexity index is 375. The molecular weight excluding hydrogens is 244 g/mol. The minimum atomic E-state index is -1.09. The van der Waals surface area contributed by atoms with E-state index in [1.165, 1.54) is 12.2 Å². The van der Waals surface area contributed by atoms with Crippen molar-refractivity contribution in [3.05, 3.63) is 25.3 Å². The fourth-order valence-corrected chi connectivity index (χ4v) is 3.44. The van der Waals surface area contributed by atoms with Gasteiger partial charge in [-0.3, -0.25) is 9.59 Å². The third kappa shape index (κ3) is 2.31. The van der Waals surface area contributed by atoms with Gasteiger partial charge >= 0.3 is 11.9 Å². The summed E-state index contributed by atoms with van der Waals surface area (Å²) < 4.78 is 10.3. The Balaban J connectivity index is 2.18. The summed E-state index contributed by atoms with van der Waals surface area (Å²) in [6.07, 6.45) is 6.49. The van der Waals surface area contributed by atoms with Crippen molar-refractivity contribution in [2.45, 2.75) is 25.7 Å². The topological polar surface area (TPSA) is 52.6 Å². The van der Waals surface area contributed by atoms with Crippen LogP contribution in [0.25, 0.3) is 0 Å². The maximum atomic E-state index is 12.3. The molecule has 104 valence electrons. The first kappa shape index (κ1) is 13.8. The summed E-state index contributed by atoms with van der Waals surface area (Å²) in [5, 5.41) is 0. The number of fused-ring (bicyclic) bond motifs is 2. The van der Waals surface area contributed by atoms with Crippen molar-refractivity contribution in [2.75, 3.05) is 13.2 Å². The van der Waals surface area contributed by atoms with Crippen LogP contribution >= 0.6 is 0 Å². The van der Waals surface area contributed by atoms with E-state index in [-0.39, 0.29) is 19.1 Å². The summed E-state index contributed by atoms with van der Waals surface area (Å²) in [4.78, 5) is 24.6. The molecule has 0 N–H and O–H groups in total. The van der Waals surface area contributed by atoms with Gasteiger partial charge in [-0.05, 0) is 31.1 Å². The smallest absolute Gasteiger partial charge is 0.324 e. The number of hydrogen-bond donors (Lipinski definition) is 0. The lowest BCUT2D eigenvalue weighted by Gasteiger charge is -2.32. The normalized spacial score (nSPS) is 26.7. The molecule has 0 aliphatic heterocycles. The summed E-state index contributed by atoms with van der Waals surface area (Å²) >= 11 is 0. The summed E-state index contributed by atoms with van der Waals surface area (Å²) in [7, 11) is 0. The van der Waals surface area contributed by atoms with Crippen LogP contribution in [0.2, 0.25) is 0 Å². The van der Waals surface area contributed by atoms with Crippen LogP contribution in [0.1, 0.15) is 25.7 Å². The molecule has 2 aliphatic carbocycles. The lowest BCUT2D eigenvalue weighted by molar-refractivity contribution is -0.175. The Labute approximate surface area is 113 Å². The molecule has 0 spiro atoms. The van der Waals surface area contributed by atoms with E-state index in [1.807, 2.05) is 0 Å². The van der Waals surface area contributed by atoms with Gasteiger partial charge in [-0.15, -0.1) is 0 Å². The molecule has 2 atom stereocenters. The number of rotatable bonds is 6. The summed E-state index contributed by atoms with van der Waals surface area (Å²) in [6, 6.07) is 0. The van der Waals surface area contributed by atoms with Gasteiger partial charge in [0.2, 0.25) is 0 Å². The van der Waals surface area contributed by atoms with E-state index in [1.54, 1.807) is 0 Å². The van der Waals surface area contributed by atoms with Crippen LogP contribution in [0, 0.1) is 17.3 Å². The maximum Gasteiger partial charge on any atom is 0.324 e. The highest BCUT2D eigenvalue weighted by Crippen LogP contribution is 2.57. The summed E-state index contributed by atoms with van der Waals surface area (Å²) in [6.45, 7) is 7.30. The molecule has 4 nitrogen and oxygen atoms in total.